The Morgan fingerprint density at radius 1 is 1.48 bits per heavy atom. The van der Waals surface area contributed by atoms with Crippen molar-refractivity contribution in [3.63, 3.8) is 0 Å². The van der Waals surface area contributed by atoms with Crippen LogP contribution in [-0.2, 0) is 16.0 Å². The zero-order chi connectivity index (χ0) is 16.8. The molecule has 0 aliphatic carbocycles. The van der Waals surface area contributed by atoms with Crippen LogP contribution in [0.4, 0.5) is 0 Å². The Bertz CT molecular complexity index is 647. The van der Waals surface area contributed by atoms with E-state index in [0.29, 0.717) is 24.5 Å². The molecule has 1 atom stereocenters. The van der Waals surface area contributed by atoms with E-state index in [0.717, 1.165) is 6.42 Å². The number of aryl methyl sites for hydroxylation is 1. The van der Waals surface area contributed by atoms with Gasteiger partial charge in [0.15, 0.2) is 0 Å². The standard InChI is InChI=1S/C16H19N3O2S2/c1-3-18-14(20)12(10-17)16-19(4-2)15(21)13(23-16)8-7-11-6-5-9-22-11/h5-6,9,13H,3-4,7-8H2,1-2H3,(H,18,20). The van der Waals surface area contributed by atoms with E-state index in [-0.39, 0.29) is 16.7 Å². The third-order valence-corrected chi connectivity index (χ3v) is 5.79. The number of carbonyl (C=O) groups is 2. The van der Waals surface area contributed by atoms with Gasteiger partial charge in [0, 0.05) is 18.0 Å². The van der Waals surface area contributed by atoms with Crippen LogP contribution in [0.1, 0.15) is 25.1 Å². The number of nitrogens with one attached hydrogen (secondary N) is 1. The molecular weight excluding hydrogens is 330 g/mol. The van der Waals surface area contributed by atoms with Crippen molar-refractivity contribution < 1.29 is 9.59 Å². The summed E-state index contributed by atoms with van der Waals surface area (Å²) in [7, 11) is 0. The molecule has 1 aliphatic rings. The molecule has 0 aromatic carbocycles. The summed E-state index contributed by atoms with van der Waals surface area (Å²) in [6.07, 6.45) is 1.53. The van der Waals surface area contributed by atoms with Crippen LogP contribution in [0.5, 0.6) is 0 Å². The first-order valence-electron chi connectivity index (χ1n) is 7.55. The summed E-state index contributed by atoms with van der Waals surface area (Å²) in [6.45, 7) is 4.56. The second-order valence-corrected chi connectivity index (χ2v) is 7.18. The average Bonchev–Trinajstić information content (AvgIpc) is 3.15. The molecule has 1 aromatic rings. The molecule has 1 fully saturated rings. The molecule has 5 nitrogen and oxygen atoms in total. The molecule has 1 N–H and O–H groups in total. The van der Waals surface area contributed by atoms with Gasteiger partial charge in [-0.25, -0.2) is 0 Å². The maximum atomic E-state index is 12.5. The molecule has 0 saturated carbocycles. The van der Waals surface area contributed by atoms with Crippen molar-refractivity contribution in [2.45, 2.75) is 31.9 Å². The minimum Gasteiger partial charge on any atom is -0.352 e. The van der Waals surface area contributed by atoms with E-state index >= 15 is 0 Å². The summed E-state index contributed by atoms with van der Waals surface area (Å²) in [5.41, 5.74) is 0.0330. The van der Waals surface area contributed by atoms with Crippen molar-refractivity contribution in [2.75, 3.05) is 13.1 Å². The number of thioether (sulfide) groups is 1. The largest absolute Gasteiger partial charge is 0.352 e. The molecule has 1 aliphatic heterocycles. The Labute approximate surface area is 144 Å². The highest BCUT2D eigenvalue weighted by Gasteiger charge is 2.38. The zero-order valence-corrected chi connectivity index (χ0v) is 14.8. The number of amides is 2. The Morgan fingerprint density at radius 3 is 2.83 bits per heavy atom. The smallest absolute Gasteiger partial charge is 0.264 e. The lowest BCUT2D eigenvalue weighted by Gasteiger charge is -2.15. The molecular formula is C16H19N3O2S2. The van der Waals surface area contributed by atoms with Gasteiger partial charge in [0.1, 0.15) is 16.7 Å². The first kappa shape index (κ1) is 17.6. The third-order valence-electron chi connectivity index (χ3n) is 3.48. The van der Waals surface area contributed by atoms with Crippen LogP contribution in [0.3, 0.4) is 0 Å². The van der Waals surface area contributed by atoms with Gasteiger partial charge in [-0.3, -0.25) is 9.59 Å². The molecule has 0 spiro atoms. The Kier molecular flexibility index (Phi) is 6.25. The van der Waals surface area contributed by atoms with Crippen LogP contribution < -0.4 is 5.32 Å². The van der Waals surface area contributed by atoms with Crippen LogP contribution in [-0.4, -0.2) is 35.1 Å². The maximum Gasteiger partial charge on any atom is 0.264 e. The second kappa shape index (κ2) is 8.18. The van der Waals surface area contributed by atoms with Crippen molar-refractivity contribution in [3.05, 3.63) is 33.0 Å². The van der Waals surface area contributed by atoms with E-state index in [4.69, 9.17) is 0 Å². The topological polar surface area (TPSA) is 73.2 Å². The minimum absolute atomic E-state index is 0.0129. The highest BCUT2D eigenvalue weighted by Crippen LogP contribution is 2.39. The molecule has 122 valence electrons. The summed E-state index contributed by atoms with van der Waals surface area (Å²) in [5, 5.41) is 14.2. The lowest BCUT2D eigenvalue weighted by molar-refractivity contribution is -0.127. The SMILES string of the molecule is CCNC(=O)C(C#N)=C1SC(CCc2cccs2)C(=O)N1CC. The van der Waals surface area contributed by atoms with Crippen LogP contribution in [0.25, 0.3) is 0 Å². The summed E-state index contributed by atoms with van der Waals surface area (Å²) >= 11 is 3.01. The van der Waals surface area contributed by atoms with Crippen molar-refractivity contribution >= 4 is 34.9 Å². The fourth-order valence-corrected chi connectivity index (χ4v) is 4.43. The van der Waals surface area contributed by atoms with Gasteiger partial charge in [-0.15, -0.1) is 11.3 Å². The number of carbonyl (C=O) groups excluding carboxylic acids is 2. The highest BCUT2D eigenvalue weighted by atomic mass is 32.2. The number of thiophene rings is 1. The van der Waals surface area contributed by atoms with Gasteiger partial charge in [-0.2, -0.15) is 5.26 Å². The lowest BCUT2D eigenvalue weighted by atomic mass is 10.2. The Balaban J connectivity index is 2.19. The Hall–Kier alpha value is -1.78. The van der Waals surface area contributed by atoms with Gasteiger partial charge < -0.3 is 10.2 Å². The molecule has 23 heavy (non-hydrogen) atoms. The quantitative estimate of drug-likeness (QED) is 0.633. The van der Waals surface area contributed by atoms with Crippen molar-refractivity contribution in [1.82, 2.24) is 10.2 Å². The van der Waals surface area contributed by atoms with Crippen LogP contribution in [0.15, 0.2) is 28.1 Å². The van der Waals surface area contributed by atoms with Crippen molar-refractivity contribution in [2.24, 2.45) is 0 Å². The van der Waals surface area contributed by atoms with E-state index < -0.39 is 5.91 Å². The lowest BCUT2D eigenvalue weighted by Crippen LogP contribution is -2.31. The summed E-state index contributed by atoms with van der Waals surface area (Å²) in [5.74, 6) is -0.427. The van der Waals surface area contributed by atoms with E-state index in [9.17, 15) is 14.9 Å². The Morgan fingerprint density at radius 2 is 2.26 bits per heavy atom. The third kappa shape index (κ3) is 3.95. The molecule has 1 aromatic heterocycles. The van der Waals surface area contributed by atoms with E-state index in [1.165, 1.54) is 16.6 Å². The maximum absolute atomic E-state index is 12.5. The number of nitriles is 1. The molecule has 7 heteroatoms. The summed E-state index contributed by atoms with van der Waals surface area (Å²) in [4.78, 5) is 27.4. The van der Waals surface area contributed by atoms with Crippen LogP contribution in [0.2, 0.25) is 0 Å². The molecule has 2 amide bonds. The van der Waals surface area contributed by atoms with Gasteiger partial charge in [0.25, 0.3) is 5.91 Å². The fourth-order valence-electron chi connectivity index (χ4n) is 2.37. The number of nitrogens with zero attached hydrogens (tertiary/aromatic N) is 2. The predicted octanol–water partition coefficient (Wildman–Crippen LogP) is 2.52. The van der Waals surface area contributed by atoms with Crippen LogP contribution in [0, 0.1) is 11.3 Å². The summed E-state index contributed by atoms with van der Waals surface area (Å²) in [6, 6.07) is 6.01. The number of hydrogen-bond acceptors (Lipinski definition) is 5. The normalized spacial score (nSPS) is 19.6. The van der Waals surface area contributed by atoms with E-state index in [1.54, 1.807) is 23.2 Å². The van der Waals surface area contributed by atoms with Gasteiger partial charge in [0.2, 0.25) is 5.91 Å². The van der Waals surface area contributed by atoms with Gasteiger partial charge in [0.05, 0.1) is 5.25 Å². The predicted molar refractivity (Wildman–Crippen MR) is 92.7 cm³/mol. The number of hydrogen-bond donors (Lipinski definition) is 1. The number of rotatable bonds is 6. The average molecular weight is 349 g/mol. The van der Waals surface area contributed by atoms with Crippen molar-refractivity contribution in [3.8, 4) is 6.07 Å². The molecule has 1 saturated heterocycles. The molecule has 2 heterocycles. The van der Waals surface area contributed by atoms with E-state index in [1.807, 2.05) is 24.4 Å². The second-order valence-electron chi connectivity index (χ2n) is 4.96. The minimum atomic E-state index is -0.414. The fraction of sp³-hybridized carbons (Fsp3) is 0.438. The zero-order valence-electron chi connectivity index (χ0n) is 13.2. The van der Waals surface area contributed by atoms with Gasteiger partial charge in [-0.05, 0) is 38.1 Å². The summed E-state index contributed by atoms with van der Waals surface area (Å²) < 4.78 is 0. The molecule has 2 rings (SSSR count). The molecule has 1 unspecified atom stereocenters. The van der Waals surface area contributed by atoms with Crippen molar-refractivity contribution in [1.29, 1.82) is 5.26 Å². The first-order valence-corrected chi connectivity index (χ1v) is 9.31. The van der Waals surface area contributed by atoms with Crippen LogP contribution >= 0.6 is 23.1 Å². The first-order chi connectivity index (χ1) is 11.1. The van der Waals surface area contributed by atoms with E-state index in [2.05, 4.69) is 11.4 Å². The van der Waals surface area contributed by atoms with Gasteiger partial charge >= 0.3 is 0 Å². The number of likely N-dealkylation sites (N-methyl/N-ethyl adjacent to an activating group) is 1. The highest BCUT2D eigenvalue weighted by molar-refractivity contribution is 8.04. The monoisotopic (exact) mass is 349 g/mol. The molecule has 0 bridgehead atoms. The molecule has 0 radical (unpaired) electrons. The van der Waals surface area contributed by atoms with Gasteiger partial charge in [-0.1, -0.05) is 17.8 Å².